The zero-order valence-electron chi connectivity index (χ0n) is 8.55. The van der Waals surface area contributed by atoms with E-state index < -0.39 is 0 Å². The summed E-state index contributed by atoms with van der Waals surface area (Å²) >= 11 is 0. The molecule has 3 rings (SSSR count). The van der Waals surface area contributed by atoms with Crippen LogP contribution in [0.5, 0.6) is 5.75 Å². The first-order valence-corrected chi connectivity index (χ1v) is 5.17. The van der Waals surface area contributed by atoms with Gasteiger partial charge in [-0.25, -0.2) is 0 Å². The van der Waals surface area contributed by atoms with E-state index in [0.29, 0.717) is 23.3 Å². The van der Waals surface area contributed by atoms with Crippen LogP contribution in [0.1, 0.15) is 11.8 Å². The average molecular weight is 217 g/mol. The Balaban J connectivity index is 1.95. The Morgan fingerprint density at radius 1 is 1.25 bits per heavy atom. The van der Waals surface area contributed by atoms with Crippen molar-refractivity contribution in [2.45, 2.75) is 5.92 Å². The van der Waals surface area contributed by atoms with Crippen molar-refractivity contribution in [1.82, 2.24) is 15.5 Å². The SMILES string of the molecule is Oc1ccccc1-c1nnc(C2CNC2)o1. The third-order valence-corrected chi connectivity index (χ3v) is 2.71. The summed E-state index contributed by atoms with van der Waals surface area (Å²) in [6.45, 7) is 1.75. The summed E-state index contributed by atoms with van der Waals surface area (Å²) in [7, 11) is 0. The molecule has 5 heteroatoms. The maximum Gasteiger partial charge on any atom is 0.251 e. The van der Waals surface area contributed by atoms with Gasteiger partial charge in [-0.2, -0.15) is 0 Å². The Bertz CT molecular complexity index is 505. The largest absolute Gasteiger partial charge is 0.507 e. The second-order valence-corrected chi connectivity index (χ2v) is 3.82. The lowest BCUT2D eigenvalue weighted by Gasteiger charge is -2.22. The van der Waals surface area contributed by atoms with Gasteiger partial charge in [0.25, 0.3) is 5.89 Å². The molecule has 0 bridgehead atoms. The monoisotopic (exact) mass is 217 g/mol. The summed E-state index contributed by atoms with van der Waals surface area (Å²) in [5.74, 6) is 1.48. The average Bonchev–Trinajstić information content (AvgIpc) is 2.65. The smallest absolute Gasteiger partial charge is 0.251 e. The number of para-hydroxylation sites is 1. The molecule has 82 valence electrons. The molecule has 2 N–H and O–H groups in total. The molecule has 0 spiro atoms. The van der Waals surface area contributed by atoms with Crippen molar-refractivity contribution in [2.75, 3.05) is 13.1 Å². The van der Waals surface area contributed by atoms with Gasteiger partial charge in [0.1, 0.15) is 5.75 Å². The Kier molecular flexibility index (Phi) is 2.11. The molecule has 0 saturated carbocycles. The van der Waals surface area contributed by atoms with Crippen molar-refractivity contribution >= 4 is 0 Å². The zero-order chi connectivity index (χ0) is 11.0. The van der Waals surface area contributed by atoms with Crippen LogP contribution in [-0.2, 0) is 0 Å². The van der Waals surface area contributed by atoms with Crippen LogP contribution in [0.3, 0.4) is 0 Å². The summed E-state index contributed by atoms with van der Waals surface area (Å²) < 4.78 is 5.53. The third-order valence-electron chi connectivity index (χ3n) is 2.71. The Morgan fingerprint density at radius 3 is 2.75 bits per heavy atom. The highest BCUT2D eigenvalue weighted by Gasteiger charge is 2.25. The number of phenols is 1. The molecule has 1 aromatic carbocycles. The van der Waals surface area contributed by atoms with E-state index in [4.69, 9.17) is 4.42 Å². The molecule has 0 amide bonds. The van der Waals surface area contributed by atoms with Crippen molar-refractivity contribution in [1.29, 1.82) is 0 Å². The van der Waals surface area contributed by atoms with Gasteiger partial charge in [-0.1, -0.05) is 12.1 Å². The fraction of sp³-hybridized carbons (Fsp3) is 0.273. The van der Waals surface area contributed by atoms with Crippen molar-refractivity contribution in [3.63, 3.8) is 0 Å². The molecule has 0 aliphatic carbocycles. The number of phenolic OH excluding ortho intramolecular Hbond substituents is 1. The fourth-order valence-corrected chi connectivity index (χ4v) is 1.63. The summed E-state index contributed by atoms with van der Waals surface area (Å²) in [5.41, 5.74) is 0.577. The predicted molar refractivity (Wildman–Crippen MR) is 57.0 cm³/mol. The first kappa shape index (κ1) is 9.35. The summed E-state index contributed by atoms with van der Waals surface area (Å²) in [6, 6.07) is 6.94. The van der Waals surface area contributed by atoms with Crippen LogP contribution in [0.15, 0.2) is 28.7 Å². The molecule has 0 radical (unpaired) electrons. The number of nitrogens with zero attached hydrogens (tertiary/aromatic N) is 2. The Labute approximate surface area is 92.1 Å². The van der Waals surface area contributed by atoms with Gasteiger partial charge in [-0.05, 0) is 12.1 Å². The van der Waals surface area contributed by atoms with Gasteiger partial charge < -0.3 is 14.8 Å². The second-order valence-electron chi connectivity index (χ2n) is 3.82. The summed E-state index contributed by atoms with van der Waals surface area (Å²) in [4.78, 5) is 0. The number of hydrogen-bond donors (Lipinski definition) is 2. The molecule has 1 saturated heterocycles. The fourth-order valence-electron chi connectivity index (χ4n) is 1.63. The number of aromatic hydroxyl groups is 1. The van der Waals surface area contributed by atoms with Crippen LogP contribution < -0.4 is 5.32 Å². The van der Waals surface area contributed by atoms with Gasteiger partial charge in [-0.3, -0.25) is 0 Å². The van der Waals surface area contributed by atoms with E-state index in [1.807, 2.05) is 6.07 Å². The molecule has 1 aliphatic rings. The van der Waals surface area contributed by atoms with Gasteiger partial charge in [-0.15, -0.1) is 10.2 Å². The minimum Gasteiger partial charge on any atom is -0.507 e. The first-order chi connectivity index (χ1) is 7.84. The van der Waals surface area contributed by atoms with Crippen LogP contribution in [0, 0.1) is 0 Å². The molecule has 1 aliphatic heterocycles. The number of benzene rings is 1. The van der Waals surface area contributed by atoms with Crippen LogP contribution in [0.2, 0.25) is 0 Å². The van der Waals surface area contributed by atoms with Crippen LogP contribution in [0.4, 0.5) is 0 Å². The number of rotatable bonds is 2. The minimum atomic E-state index is 0.157. The molecule has 5 nitrogen and oxygen atoms in total. The van der Waals surface area contributed by atoms with Crippen molar-refractivity contribution in [3.8, 4) is 17.2 Å². The van der Waals surface area contributed by atoms with E-state index in [9.17, 15) is 5.11 Å². The predicted octanol–water partition coefficient (Wildman–Crippen LogP) is 1.13. The van der Waals surface area contributed by atoms with Crippen molar-refractivity contribution < 1.29 is 9.52 Å². The van der Waals surface area contributed by atoms with Gasteiger partial charge in [0, 0.05) is 13.1 Å². The zero-order valence-corrected chi connectivity index (χ0v) is 8.55. The molecular formula is C11H11N3O2. The van der Waals surface area contributed by atoms with Crippen LogP contribution in [0.25, 0.3) is 11.5 Å². The Hall–Kier alpha value is -1.88. The molecule has 1 fully saturated rings. The maximum absolute atomic E-state index is 9.64. The Morgan fingerprint density at radius 2 is 2.06 bits per heavy atom. The lowest BCUT2D eigenvalue weighted by molar-refractivity contribution is 0.360. The highest BCUT2D eigenvalue weighted by Crippen LogP contribution is 2.29. The van der Waals surface area contributed by atoms with Gasteiger partial charge >= 0.3 is 0 Å². The van der Waals surface area contributed by atoms with Crippen LogP contribution in [-0.4, -0.2) is 28.4 Å². The third kappa shape index (κ3) is 1.45. The van der Waals surface area contributed by atoms with E-state index in [-0.39, 0.29) is 5.75 Å². The lowest BCUT2D eigenvalue weighted by Crippen LogP contribution is -2.40. The normalized spacial score (nSPS) is 16.0. The highest BCUT2D eigenvalue weighted by molar-refractivity contribution is 5.61. The highest BCUT2D eigenvalue weighted by atomic mass is 16.4. The van der Waals surface area contributed by atoms with E-state index in [2.05, 4.69) is 15.5 Å². The molecule has 2 heterocycles. The minimum absolute atomic E-state index is 0.157. The number of hydrogen-bond acceptors (Lipinski definition) is 5. The first-order valence-electron chi connectivity index (χ1n) is 5.17. The standard InChI is InChI=1S/C11H11N3O2/c15-9-4-2-1-3-8(9)11-14-13-10(16-11)7-5-12-6-7/h1-4,7,12,15H,5-6H2. The van der Waals surface area contributed by atoms with E-state index >= 15 is 0 Å². The van der Waals surface area contributed by atoms with Gasteiger partial charge in [0.05, 0.1) is 11.5 Å². The molecule has 0 unspecified atom stereocenters. The maximum atomic E-state index is 9.64. The molecule has 2 aromatic rings. The quantitative estimate of drug-likeness (QED) is 0.789. The molecule has 16 heavy (non-hydrogen) atoms. The molecular weight excluding hydrogens is 206 g/mol. The van der Waals surface area contributed by atoms with Crippen molar-refractivity contribution in [3.05, 3.63) is 30.2 Å². The van der Waals surface area contributed by atoms with Crippen LogP contribution >= 0.6 is 0 Å². The van der Waals surface area contributed by atoms with E-state index in [1.165, 1.54) is 0 Å². The topological polar surface area (TPSA) is 71.2 Å². The second kappa shape index (κ2) is 3.61. The van der Waals surface area contributed by atoms with E-state index in [1.54, 1.807) is 18.2 Å². The number of aromatic nitrogens is 2. The lowest BCUT2D eigenvalue weighted by atomic mass is 10.0. The summed E-state index contributed by atoms with van der Waals surface area (Å²) in [6.07, 6.45) is 0. The van der Waals surface area contributed by atoms with Gasteiger partial charge in [0.15, 0.2) is 0 Å². The summed E-state index contributed by atoms with van der Waals surface area (Å²) in [5, 5.41) is 20.7. The van der Waals surface area contributed by atoms with Gasteiger partial charge in [0.2, 0.25) is 5.89 Å². The molecule has 0 atom stereocenters. The van der Waals surface area contributed by atoms with E-state index in [0.717, 1.165) is 13.1 Å². The number of nitrogens with one attached hydrogen (secondary N) is 1. The molecule has 1 aromatic heterocycles. The van der Waals surface area contributed by atoms with Crippen molar-refractivity contribution in [2.24, 2.45) is 0 Å².